The first-order chi connectivity index (χ1) is 8.61. The molecule has 0 saturated heterocycles. The van der Waals surface area contributed by atoms with Gasteiger partial charge in [0.15, 0.2) is 0 Å². The number of allylic oxidation sites excluding steroid dienone is 2. The molecule has 0 aromatic carbocycles. The minimum absolute atomic E-state index is 0.132. The molecule has 0 aromatic rings. The number of alkyl halides is 1. The van der Waals surface area contributed by atoms with Crippen molar-refractivity contribution in [3.05, 3.63) is 23.9 Å². The molecule has 5 heteroatoms. The number of dihydropyridines is 1. The van der Waals surface area contributed by atoms with Crippen molar-refractivity contribution in [1.29, 1.82) is 0 Å². The summed E-state index contributed by atoms with van der Waals surface area (Å²) in [6.45, 7) is 1.55. The van der Waals surface area contributed by atoms with E-state index in [0.29, 0.717) is 19.0 Å². The van der Waals surface area contributed by atoms with Crippen LogP contribution in [0.2, 0.25) is 0 Å². The van der Waals surface area contributed by atoms with Crippen molar-refractivity contribution < 1.29 is 4.79 Å². The summed E-state index contributed by atoms with van der Waals surface area (Å²) in [4.78, 5) is 13.7. The fraction of sp³-hybridized carbons (Fsp3) is 0.615. The van der Waals surface area contributed by atoms with E-state index in [-0.39, 0.29) is 5.91 Å². The normalized spacial score (nSPS) is 18.4. The molecule has 0 bridgehead atoms. The third-order valence-electron chi connectivity index (χ3n) is 2.59. The van der Waals surface area contributed by atoms with E-state index in [1.165, 1.54) is 0 Å². The summed E-state index contributed by atoms with van der Waals surface area (Å²) in [5, 5.41) is 6.35. The van der Waals surface area contributed by atoms with Gasteiger partial charge in [-0.1, -0.05) is 34.7 Å². The van der Waals surface area contributed by atoms with E-state index < -0.39 is 0 Å². The van der Waals surface area contributed by atoms with E-state index >= 15 is 0 Å². The van der Waals surface area contributed by atoms with Crippen LogP contribution in [0.5, 0.6) is 0 Å². The van der Waals surface area contributed by atoms with E-state index in [4.69, 9.17) is 0 Å². The molecule has 0 radical (unpaired) electrons. The highest BCUT2D eigenvalue weighted by atomic mass is 127. The summed E-state index contributed by atoms with van der Waals surface area (Å²) in [6, 6.07) is 0.325. The van der Waals surface area contributed by atoms with E-state index in [1.807, 2.05) is 6.08 Å². The maximum Gasteiger partial charge on any atom is 0.220 e. The topological polar surface area (TPSA) is 44.4 Å². The van der Waals surface area contributed by atoms with Gasteiger partial charge in [-0.15, -0.1) is 0 Å². The van der Waals surface area contributed by atoms with Crippen molar-refractivity contribution in [3.63, 3.8) is 0 Å². The molecule has 0 aliphatic carbocycles. The van der Waals surface area contributed by atoms with Crippen LogP contribution in [0.25, 0.3) is 0 Å². The number of rotatable bonds is 7. The molecule has 1 amide bonds. The number of carbonyl (C=O) groups excluding carboxylic acids is 1. The Morgan fingerprint density at radius 1 is 1.56 bits per heavy atom. The van der Waals surface area contributed by atoms with Crippen LogP contribution >= 0.6 is 22.6 Å². The average Bonchev–Trinajstić information content (AvgIpc) is 2.33. The van der Waals surface area contributed by atoms with Gasteiger partial charge in [0.2, 0.25) is 5.91 Å². The van der Waals surface area contributed by atoms with Crippen molar-refractivity contribution in [1.82, 2.24) is 15.5 Å². The summed E-state index contributed by atoms with van der Waals surface area (Å²) in [5.41, 5.74) is 1.08. The fourth-order valence-electron chi connectivity index (χ4n) is 1.76. The quantitative estimate of drug-likeness (QED) is 0.529. The lowest BCUT2D eigenvalue weighted by atomic mass is 10.1. The van der Waals surface area contributed by atoms with Gasteiger partial charge in [0.1, 0.15) is 0 Å². The van der Waals surface area contributed by atoms with E-state index in [0.717, 1.165) is 23.1 Å². The van der Waals surface area contributed by atoms with Crippen molar-refractivity contribution in [2.24, 2.45) is 0 Å². The Hall–Kier alpha value is -0.560. The second-order valence-electron chi connectivity index (χ2n) is 4.66. The van der Waals surface area contributed by atoms with Gasteiger partial charge in [-0.3, -0.25) is 4.79 Å². The lowest BCUT2D eigenvalue weighted by Gasteiger charge is -2.24. The largest absolute Gasteiger partial charge is 0.379 e. The lowest BCUT2D eigenvalue weighted by molar-refractivity contribution is -0.120. The number of likely N-dealkylation sites (N-methyl/N-ethyl adjacent to an activating group) is 1. The SMILES string of the molecule is CN(C)CC1C=CC=C(CNC(=O)CCCI)N1. The number of hydrogen-bond donors (Lipinski definition) is 2. The minimum Gasteiger partial charge on any atom is -0.379 e. The van der Waals surface area contributed by atoms with Gasteiger partial charge in [-0.25, -0.2) is 0 Å². The molecule has 102 valence electrons. The van der Waals surface area contributed by atoms with Gasteiger partial charge in [0.25, 0.3) is 0 Å². The van der Waals surface area contributed by atoms with Gasteiger partial charge in [-0.2, -0.15) is 0 Å². The van der Waals surface area contributed by atoms with Crippen LogP contribution in [-0.4, -0.2) is 48.5 Å². The standard InChI is InChI=1S/C13H22IN3O/c1-17(2)10-12-6-3-5-11(16-12)9-15-13(18)7-4-8-14/h3,5-6,12,16H,4,7-10H2,1-2H3,(H,15,18). The molecule has 1 unspecified atom stereocenters. The first kappa shape index (κ1) is 15.5. The second kappa shape index (κ2) is 8.53. The monoisotopic (exact) mass is 363 g/mol. The van der Waals surface area contributed by atoms with Crippen LogP contribution < -0.4 is 10.6 Å². The number of amides is 1. The summed E-state index contributed by atoms with van der Waals surface area (Å²) in [5.74, 6) is 0.132. The van der Waals surface area contributed by atoms with Gasteiger partial charge >= 0.3 is 0 Å². The summed E-state index contributed by atoms with van der Waals surface area (Å²) in [7, 11) is 4.11. The molecule has 4 nitrogen and oxygen atoms in total. The van der Waals surface area contributed by atoms with E-state index in [9.17, 15) is 4.79 Å². The minimum atomic E-state index is 0.132. The molecule has 0 saturated carbocycles. The number of nitrogens with one attached hydrogen (secondary N) is 2. The highest BCUT2D eigenvalue weighted by Crippen LogP contribution is 2.03. The highest BCUT2D eigenvalue weighted by molar-refractivity contribution is 14.1. The molecule has 0 spiro atoms. The lowest BCUT2D eigenvalue weighted by Crippen LogP contribution is -2.40. The Morgan fingerprint density at radius 2 is 2.33 bits per heavy atom. The number of nitrogens with zero attached hydrogens (tertiary/aromatic N) is 1. The van der Waals surface area contributed by atoms with E-state index in [2.05, 4.69) is 64.4 Å². The van der Waals surface area contributed by atoms with Gasteiger partial charge in [0, 0.05) is 23.1 Å². The molecule has 1 heterocycles. The Kier molecular flexibility index (Phi) is 7.34. The zero-order valence-corrected chi connectivity index (χ0v) is 13.2. The predicted molar refractivity (Wildman–Crippen MR) is 83.8 cm³/mol. The van der Waals surface area contributed by atoms with Crippen LogP contribution in [0.1, 0.15) is 12.8 Å². The summed E-state index contributed by atoms with van der Waals surface area (Å²) < 4.78 is 1.03. The first-order valence-corrected chi connectivity index (χ1v) is 7.75. The number of carbonyl (C=O) groups is 1. The third-order valence-corrected chi connectivity index (χ3v) is 3.35. The zero-order valence-electron chi connectivity index (χ0n) is 11.1. The summed E-state index contributed by atoms with van der Waals surface area (Å²) >= 11 is 2.29. The Bertz CT molecular complexity index is 326. The van der Waals surface area contributed by atoms with Crippen LogP contribution in [0, 0.1) is 0 Å². The van der Waals surface area contributed by atoms with Crippen molar-refractivity contribution in [3.8, 4) is 0 Å². The third kappa shape index (κ3) is 6.39. The molecule has 0 aromatic heterocycles. The Balaban J connectivity index is 2.28. The van der Waals surface area contributed by atoms with Crippen LogP contribution in [0.3, 0.4) is 0 Å². The molecule has 2 N–H and O–H groups in total. The molecule has 1 atom stereocenters. The smallest absolute Gasteiger partial charge is 0.220 e. The molecule has 1 rings (SSSR count). The van der Waals surface area contributed by atoms with Gasteiger partial charge < -0.3 is 15.5 Å². The average molecular weight is 363 g/mol. The number of hydrogen-bond acceptors (Lipinski definition) is 3. The Labute approximate surface area is 123 Å². The summed E-state index contributed by atoms with van der Waals surface area (Å²) in [6.07, 6.45) is 7.78. The number of halogens is 1. The van der Waals surface area contributed by atoms with Crippen LogP contribution in [-0.2, 0) is 4.79 Å². The molecule has 18 heavy (non-hydrogen) atoms. The second-order valence-corrected chi connectivity index (χ2v) is 5.74. The highest BCUT2D eigenvalue weighted by Gasteiger charge is 2.11. The van der Waals surface area contributed by atoms with Gasteiger partial charge in [-0.05, 0) is 26.6 Å². The molecular weight excluding hydrogens is 341 g/mol. The maximum atomic E-state index is 11.5. The van der Waals surface area contributed by atoms with Crippen LogP contribution in [0.4, 0.5) is 0 Å². The van der Waals surface area contributed by atoms with Crippen molar-refractivity contribution in [2.75, 3.05) is 31.6 Å². The zero-order chi connectivity index (χ0) is 13.4. The van der Waals surface area contributed by atoms with E-state index in [1.54, 1.807) is 0 Å². The van der Waals surface area contributed by atoms with Crippen molar-refractivity contribution >= 4 is 28.5 Å². The first-order valence-electron chi connectivity index (χ1n) is 6.23. The van der Waals surface area contributed by atoms with Gasteiger partial charge in [0.05, 0.1) is 12.6 Å². The fourth-order valence-corrected chi connectivity index (χ4v) is 2.14. The van der Waals surface area contributed by atoms with Crippen LogP contribution in [0.15, 0.2) is 23.9 Å². The predicted octanol–water partition coefficient (Wildman–Crippen LogP) is 1.29. The Morgan fingerprint density at radius 3 is 3.00 bits per heavy atom. The van der Waals surface area contributed by atoms with Crippen molar-refractivity contribution in [2.45, 2.75) is 18.9 Å². The molecular formula is C13H22IN3O. The molecule has 1 aliphatic heterocycles. The maximum absolute atomic E-state index is 11.5. The molecule has 1 aliphatic rings. The molecule has 0 fully saturated rings.